The molecule has 0 spiro atoms. The standard InChI is InChI=1S/C23H25N3O3/c27-20-7-4-14-26(16-20)23(28)13-12-21-24-25-22(29-21)15-17-8-10-19(11-9-17)18-5-2-1-3-6-18/h1-3,5-6,8-11,20,27H,4,7,12-16H2. The summed E-state index contributed by atoms with van der Waals surface area (Å²) in [6.45, 7) is 1.14. The number of carbonyl (C=O) groups is 1. The van der Waals surface area contributed by atoms with Crippen LogP contribution >= 0.6 is 0 Å². The maximum absolute atomic E-state index is 12.3. The second-order valence-corrected chi connectivity index (χ2v) is 7.47. The van der Waals surface area contributed by atoms with Crippen LogP contribution in [0.25, 0.3) is 11.1 Å². The van der Waals surface area contributed by atoms with Gasteiger partial charge in [-0.2, -0.15) is 0 Å². The van der Waals surface area contributed by atoms with Crippen molar-refractivity contribution in [3.63, 3.8) is 0 Å². The van der Waals surface area contributed by atoms with Gasteiger partial charge >= 0.3 is 0 Å². The molecule has 2 aromatic carbocycles. The molecule has 2 heterocycles. The summed E-state index contributed by atoms with van der Waals surface area (Å²) in [7, 11) is 0. The van der Waals surface area contributed by atoms with Crippen LogP contribution in [0.15, 0.2) is 59.0 Å². The monoisotopic (exact) mass is 391 g/mol. The van der Waals surface area contributed by atoms with Gasteiger partial charge in [0.15, 0.2) is 0 Å². The van der Waals surface area contributed by atoms with Crippen molar-refractivity contribution in [3.8, 4) is 11.1 Å². The van der Waals surface area contributed by atoms with E-state index in [0.29, 0.717) is 44.1 Å². The molecule has 6 nitrogen and oxygen atoms in total. The van der Waals surface area contributed by atoms with E-state index in [0.717, 1.165) is 18.4 Å². The average molecular weight is 391 g/mol. The first kappa shape index (κ1) is 19.3. The van der Waals surface area contributed by atoms with Gasteiger partial charge in [0.05, 0.1) is 12.5 Å². The number of carbonyl (C=O) groups excluding carboxylic acids is 1. The van der Waals surface area contributed by atoms with Gasteiger partial charge in [0, 0.05) is 25.9 Å². The van der Waals surface area contributed by atoms with E-state index >= 15 is 0 Å². The summed E-state index contributed by atoms with van der Waals surface area (Å²) in [5, 5.41) is 17.9. The van der Waals surface area contributed by atoms with Crippen LogP contribution in [0.3, 0.4) is 0 Å². The summed E-state index contributed by atoms with van der Waals surface area (Å²) < 4.78 is 5.72. The van der Waals surface area contributed by atoms with E-state index in [-0.39, 0.29) is 5.91 Å². The molecule has 1 fully saturated rings. The number of likely N-dealkylation sites (tertiary alicyclic amines) is 1. The summed E-state index contributed by atoms with van der Waals surface area (Å²) in [5.74, 6) is 1.06. The second-order valence-electron chi connectivity index (χ2n) is 7.47. The predicted octanol–water partition coefficient (Wildman–Crippen LogP) is 3.24. The van der Waals surface area contributed by atoms with Crippen LogP contribution in [-0.2, 0) is 17.6 Å². The molecule has 1 N–H and O–H groups in total. The first-order chi connectivity index (χ1) is 14.2. The van der Waals surface area contributed by atoms with E-state index in [1.807, 2.05) is 18.2 Å². The number of aliphatic hydroxyl groups excluding tert-OH is 1. The molecule has 0 bridgehead atoms. The Labute approximate surface area is 170 Å². The number of rotatable bonds is 6. The average Bonchev–Trinajstić information content (AvgIpc) is 3.20. The van der Waals surface area contributed by atoms with Crippen LogP contribution in [0, 0.1) is 0 Å². The van der Waals surface area contributed by atoms with E-state index in [4.69, 9.17) is 4.42 Å². The van der Waals surface area contributed by atoms with Crippen LogP contribution < -0.4 is 0 Å². The number of hydrogen-bond donors (Lipinski definition) is 1. The highest BCUT2D eigenvalue weighted by atomic mass is 16.4. The molecule has 0 saturated carbocycles. The third-order valence-electron chi connectivity index (χ3n) is 5.23. The summed E-state index contributed by atoms with van der Waals surface area (Å²) in [6.07, 6.45) is 2.51. The molecule has 6 heteroatoms. The van der Waals surface area contributed by atoms with Crippen molar-refractivity contribution in [2.75, 3.05) is 13.1 Å². The fourth-order valence-electron chi connectivity index (χ4n) is 3.63. The third kappa shape index (κ3) is 5.09. The van der Waals surface area contributed by atoms with E-state index in [9.17, 15) is 9.90 Å². The zero-order chi connectivity index (χ0) is 20.1. The van der Waals surface area contributed by atoms with Crippen LogP contribution in [0.1, 0.15) is 36.6 Å². The molecule has 1 atom stereocenters. The van der Waals surface area contributed by atoms with Crippen LogP contribution in [0.2, 0.25) is 0 Å². The fourth-order valence-corrected chi connectivity index (χ4v) is 3.63. The maximum atomic E-state index is 12.3. The fraction of sp³-hybridized carbons (Fsp3) is 0.348. The van der Waals surface area contributed by atoms with Gasteiger partial charge in [-0.1, -0.05) is 54.6 Å². The number of nitrogens with zero attached hydrogens (tertiary/aromatic N) is 3. The lowest BCUT2D eigenvalue weighted by Crippen LogP contribution is -2.42. The van der Waals surface area contributed by atoms with Gasteiger partial charge in [0.2, 0.25) is 17.7 Å². The molecule has 1 aromatic heterocycles. The highest BCUT2D eigenvalue weighted by molar-refractivity contribution is 5.76. The molecule has 29 heavy (non-hydrogen) atoms. The molecule has 1 saturated heterocycles. The minimum Gasteiger partial charge on any atom is -0.425 e. The Bertz CT molecular complexity index is 938. The van der Waals surface area contributed by atoms with Gasteiger partial charge < -0.3 is 14.4 Å². The van der Waals surface area contributed by atoms with Crippen molar-refractivity contribution in [2.24, 2.45) is 0 Å². The normalized spacial score (nSPS) is 16.7. The van der Waals surface area contributed by atoms with Gasteiger partial charge in [0.1, 0.15) is 0 Å². The van der Waals surface area contributed by atoms with Gasteiger partial charge in [-0.3, -0.25) is 4.79 Å². The van der Waals surface area contributed by atoms with Gasteiger partial charge in [0.25, 0.3) is 0 Å². The SMILES string of the molecule is O=C(CCc1nnc(Cc2ccc(-c3ccccc3)cc2)o1)N1CCCC(O)C1. The van der Waals surface area contributed by atoms with E-state index in [1.54, 1.807) is 4.90 Å². The Kier molecular flexibility index (Phi) is 6.00. The number of aromatic nitrogens is 2. The number of aryl methyl sites for hydroxylation is 1. The zero-order valence-corrected chi connectivity index (χ0v) is 16.3. The smallest absolute Gasteiger partial charge is 0.223 e. The summed E-state index contributed by atoms with van der Waals surface area (Å²) in [6, 6.07) is 18.6. The lowest BCUT2D eigenvalue weighted by atomic mass is 10.0. The molecular weight excluding hydrogens is 366 g/mol. The Morgan fingerprint density at radius 1 is 1.03 bits per heavy atom. The van der Waals surface area contributed by atoms with E-state index < -0.39 is 6.10 Å². The first-order valence-corrected chi connectivity index (χ1v) is 10.1. The number of benzene rings is 2. The van der Waals surface area contributed by atoms with Crippen molar-refractivity contribution in [3.05, 3.63) is 71.9 Å². The Morgan fingerprint density at radius 2 is 1.76 bits per heavy atom. The molecule has 4 rings (SSSR count). The van der Waals surface area contributed by atoms with E-state index in [1.165, 1.54) is 11.1 Å². The Hall–Kier alpha value is -2.99. The first-order valence-electron chi connectivity index (χ1n) is 10.1. The number of aliphatic hydroxyl groups is 1. The van der Waals surface area contributed by atoms with Crippen LogP contribution in [0.4, 0.5) is 0 Å². The molecule has 150 valence electrons. The number of β-amino-alcohol motifs (C(OH)–C–C–N with tert-alkyl or cyclic N) is 1. The largest absolute Gasteiger partial charge is 0.425 e. The van der Waals surface area contributed by atoms with Gasteiger partial charge in [-0.05, 0) is 29.5 Å². The van der Waals surface area contributed by atoms with Crippen molar-refractivity contribution < 1.29 is 14.3 Å². The van der Waals surface area contributed by atoms with Crippen LogP contribution in [-0.4, -0.2) is 45.3 Å². The second kappa shape index (κ2) is 9.01. The molecular formula is C23H25N3O3. The van der Waals surface area contributed by atoms with Crippen molar-refractivity contribution in [2.45, 2.75) is 38.2 Å². The highest BCUT2D eigenvalue weighted by Crippen LogP contribution is 2.20. The molecule has 0 radical (unpaired) electrons. The molecule has 0 aliphatic carbocycles. The lowest BCUT2D eigenvalue weighted by molar-refractivity contribution is -0.134. The lowest BCUT2D eigenvalue weighted by Gasteiger charge is -2.30. The maximum Gasteiger partial charge on any atom is 0.223 e. The Morgan fingerprint density at radius 3 is 2.52 bits per heavy atom. The molecule has 1 aliphatic heterocycles. The Balaban J connectivity index is 1.30. The summed E-state index contributed by atoms with van der Waals surface area (Å²) in [5.41, 5.74) is 3.45. The van der Waals surface area contributed by atoms with Crippen LogP contribution in [0.5, 0.6) is 0 Å². The zero-order valence-electron chi connectivity index (χ0n) is 16.3. The third-order valence-corrected chi connectivity index (χ3v) is 5.23. The summed E-state index contributed by atoms with van der Waals surface area (Å²) in [4.78, 5) is 14.0. The topological polar surface area (TPSA) is 79.5 Å². The molecule has 1 amide bonds. The number of hydrogen-bond acceptors (Lipinski definition) is 5. The predicted molar refractivity (Wildman–Crippen MR) is 109 cm³/mol. The molecule has 1 unspecified atom stereocenters. The van der Waals surface area contributed by atoms with Crippen molar-refractivity contribution >= 4 is 5.91 Å². The summed E-state index contributed by atoms with van der Waals surface area (Å²) >= 11 is 0. The minimum absolute atomic E-state index is 0.0278. The minimum atomic E-state index is -0.406. The number of piperidine rings is 1. The van der Waals surface area contributed by atoms with Crippen molar-refractivity contribution in [1.29, 1.82) is 0 Å². The quantitative estimate of drug-likeness (QED) is 0.698. The molecule has 1 aliphatic rings. The highest BCUT2D eigenvalue weighted by Gasteiger charge is 2.22. The number of amides is 1. The van der Waals surface area contributed by atoms with Gasteiger partial charge in [-0.25, -0.2) is 0 Å². The molecule has 3 aromatic rings. The van der Waals surface area contributed by atoms with E-state index in [2.05, 4.69) is 46.6 Å². The van der Waals surface area contributed by atoms with Gasteiger partial charge in [-0.15, -0.1) is 10.2 Å². The van der Waals surface area contributed by atoms with Crippen molar-refractivity contribution in [1.82, 2.24) is 15.1 Å².